The van der Waals surface area contributed by atoms with Gasteiger partial charge in [0.1, 0.15) is 6.04 Å². The SMILES string of the molecule is N#CC(C1SC[C@H](c2cc(Cl)cc(Cl)c2)S1)n1ccnc1. The third-order valence-corrected chi connectivity index (χ3v) is 7.00. The number of thioether (sulfide) groups is 2. The molecular formula is C14H11Cl2N3S2. The average molecular weight is 356 g/mol. The van der Waals surface area contributed by atoms with Crippen molar-refractivity contribution in [3.05, 3.63) is 52.5 Å². The number of imidazole rings is 1. The number of nitrogens with zero attached hydrogens (tertiary/aromatic N) is 3. The van der Waals surface area contributed by atoms with E-state index in [0.29, 0.717) is 15.3 Å². The standard InChI is InChI=1S/C14H11Cl2N3S2/c15-10-3-9(4-11(16)5-10)13-7-20-14(21-13)12(6-17)19-2-1-18-8-19/h1-5,8,12-14H,7H2/t12?,13-,14?/m1/s1. The Morgan fingerprint density at radius 2 is 2.10 bits per heavy atom. The summed E-state index contributed by atoms with van der Waals surface area (Å²) in [5.74, 6) is 0.943. The Morgan fingerprint density at radius 1 is 1.33 bits per heavy atom. The quantitative estimate of drug-likeness (QED) is 0.792. The molecule has 3 rings (SSSR count). The smallest absolute Gasteiger partial charge is 0.142 e. The topological polar surface area (TPSA) is 41.6 Å². The van der Waals surface area contributed by atoms with Gasteiger partial charge in [0.15, 0.2) is 0 Å². The summed E-state index contributed by atoms with van der Waals surface area (Å²) in [5, 5.41) is 11.0. The average Bonchev–Trinajstić information content (AvgIpc) is 3.10. The van der Waals surface area contributed by atoms with E-state index in [1.165, 1.54) is 0 Å². The summed E-state index contributed by atoms with van der Waals surface area (Å²) in [6.45, 7) is 0. The lowest BCUT2D eigenvalue weighted by Gasteiger charge is -2.17. The Labute approximate surface area is 141 Å². The van der Waals surface area contributed by atoms with Gasteiger partial charge in [-0.25, -0.2) is 4.98 Å². The fraction of sp³-hybridized carbons (Fsp3) is 0.286. The van der Waals surface area contributed by atoms with Crippen molar-refractivity contribution in [2.24, 2.45) is 0 Å². The van der Waals surface area contributed by atoms with Crippen LogP contribution in [0.2, 0.25) is 10.0 Å². The van der Waals surface area contributed by atoms with Gasteiger partial charge in [0.25, 0.3) is 0 Å². The normalized spacial score (nSPS) is 22.9. The van der Waals surface area contributed by atoms with Crippen LogP contribution in [0.25, 0.3) is 0 Å². The first kappa shape index (κ1) is 15.1. The van der Waals surface area contributed by atoms with Crippen LogP contribution >= 0.6 is 46.7 Å². The lowest BCUT2D eigenvalue weighted by Crippen LogP contribution is -2.14. The molecule has 7 heteroatoms. The minimum absolute atomic E-state index is 0.173. The molecule has 1 fully saturated rings. The zero-order chi connectivity index (χ0) is 14.8. The van der Waals surface area contributed by atoms with Crippen LogP contribution in [0, 0.1) is 11.3 Å². The van der Waals surface area contributed by atoms with Crippen molar-refractivity contribution in [2.45, 2.75) is 15.9 Å². The van der Waals surface area contributed by atoms with Gasteiger partial charge in [-0.2, -0.15) is 5.26 Å². The summed E-state index contributed by atoms with van der Waals surface area (Å²) in [6.07, 6.45) is 5.22. The molecule has 0 amide bonds. The van der Waals surface area contributed by atoms with Crippen molar-refractivity contribution in [1.82, 2.24) is 9.55 Å². The molecule has 0 radical (unpaired) electrons. The highest BCUT2D eigenvalue weighted by Gasteiger charge is 2.34. The molecule has 1 aromatic heterocycles. The van der Waals surface area contributed by atoms with E-state index in [9.17, 15) is 5.26 Å². The number of hydrogen-bond acceptors (Lipinski definition) is 4. The lowest BCUT2D eigenvalue weighted by molar-refractivity contribution is 0.664. The molecule has 3 nitrogen and oxygen atoms in total. The maximum absolute atomic E-state index is 9.44. The second kappa shape index (κ2) is 6.53. The minimum Gasteiger partial charge on any atom is -0.319 e. The number of hydrogen-bond donors (Lipinski definition) is 0. The number of halogens is 2. The summed E-state index contributed by atoms with van der Waals surface area (Å²) in [6, 6.07) is 7.79. The number of rotatable bonds is 3. The molecule has 1 aromatic carbocycles. The molecule has 2 unspecified atom stereocenters. The molecular weight excluding hydrogens is 345 g/mol. The fourth-order valence-electron chi connectivity index (χ4n) is 2.23. The van der Waals surface area contributed by atoms with Crippen LogP contribution in [0.3, 0.4) is 0 Å². The Kier molecular flexibility index (Phi) is 4.70. The first-order valence-electron chi connectivity index (χ1n) is 6.27. The van der Waals surface area contributed by atoms with E-state index in [1.807, 2.05) is 22.9 Å². The van der Waals surface area contributed by atoms with E-state index in [1.54, 1.807) is 42.1 Å². The van der Waals surface area contributed by atoms with Gasteiger partial charge in [-0.3, -0.25) is 0 Å². The van der Waals surface area contributed by atoms with Gasteiger partial charge in [0.05, 0.1) is 17.0 Å². The maximum Gasteiger partial charge on any atom is 0.142 e. The van der Waals surface area contributed by atoms with Crippen molar-refractivity contribution in [1.29, 1.82) is 5.26 Å². The molecule has 0 bridgehead atoms. The van der Waals surface area contributed by atoms with Crippen molar-refractivity contribution < 1.29 is 0 Å². The first-order valence-corrected chi connectivity index (χ1v) is 9.02. The highest BCUT2D eigenvalue weighted by atomic mass is 35.5. The van der Waals surface area contributed by atoms with Crippen molar-refractivity contribution >= 4 is 46.7 Å². The van der Waals surface area contributed by atoms with E-state index in [0.717, 1.165) is 11.3 Å². The van der Waals surface area contributed by atoms with E-state index in [2.05, 4.69) is 11.1 Å². The first-order chi connectivity index (χ1) is 10.2. The van der Waals surface area contributed by atoms with Crippen LogP contribution < -0.4 is 0 Å². The van der Waals surface area contributed by atoms with Gasteiger partial charge in [-0.15, -0.1) is 23.5 Å². The molecule has 0 spiro atoms. The van der Waals surface area contributed by atoms with Crippen LogP contribution in [-0.2, 0) is 0 Å². The van der Waals surface area contributed by atoms with Crippen LogP contribution in [0.5, 0.6) is 0 Å². The second-order valence-corrected chi connectivity index (χ2v) is 8.31. The summed E-state index contributed by atoms with van der Waals surface area (Å²) in [5.41, 5.74) is 1.12. The summed E-state index contributed by atoms with van der Waals surface area (Å²) in [7, 11) is 0. The van der Waals surface area contributed by atoms with Crippen molar-refractivity contribution in [2.75, 3.05) is 5.75 Å². The zero-order valence-corrected chi connectivity index (χ0v) is 14.0. The Morgan fingerprint density at radius 3 is 2.71 bits per heavy atom. The summed E-state index contributed by atoms with van der Waals surface area (Å²) in [4.78, 5) is 4.02. The number of nitriles is 1. The fourth-order valence-corrected chi connectivity index (χ4v) is 6.18. The third-order valence-electron chi connectivity index (χ3n) is 3.20. The van der Waals surface area contributed by atoms with Gasteiger partial charge in [-0.1, -0.05) is 23.2 Å². The molecule has 2 aromatic rings. The van der Waals surface area contributed by atoms with Crippen molar-refractivity contribution in [3.63, 3.8) is 0 Å². The third kappa shape index (κ3) is 3.35. The molecule has 1 aliphatic rings. The van der Waals surface area contributed by atoms with Gasteiger partial charge >= 0.3 is 0 Å². The highest BCUT2D eigenvalue weighted by molar-refractivity contribution is 8.20. The molecule has 0 aliphatic carbocycles. The second-order valence-electron chi connectivity index (χ2n) is 4.61. The molecule has 108 valence electrons. The molecule has 0 N–H and O–H groups in total. The Hall–Kier alpha value is -0.800. The Balaban J connectivity index is 1.77. The molecule has 0 saturated carbocycles. The summed E-state index contributed by atoms with van der Waals surface area (Å²) < 4.78 is 2.03. The van der Waals surface area contributed by atoms with Gasteiger partial charge in [-0.05, 0) is 23.8 Å². The van der Waals surface area contributed by atoms with E-state index >= 15 is 0 Å². The van der Waals surface area contributed by atoms with Crippen LogP contribution in [0.15, 0.2) is 36.9 Å². The largest absolute Gasteiger partial charge is 0.319 e. The monoisotopic (exact) mass is 355 g/mol. The van der Waals surface area contributed by atoms with E-state index in [-0.39, 0.29) is 10.6 Å². The van der Waals surface area contributed by atoms with Gasteiger partial charge < -0.3 is 4.57 Å². The van der Waals surface area contributed by atoms with Gasteiger partial charge in [0.2, 0.25) is 0 Å². The molecule has 1 aliphatic heterocycles. The highest BCUT2D eigenvalue weighted by Crippen LogP contribution is 2.51. The number of benzene rings is 1. The Bertz CT molecular complexity index is 649. The molecule has 3 atom stereocenters. The molecule has 2 heterocycles. The maximum atomic E-state index is 9.44. The van der Waals surface area contributed by atoms with E-state index in [4.69, 9.17) is 23.2 Å². The zero-order valence-electron chi connectivity index (χ0n) is 10.8. The predicted molar refractivity (Wildman–Crippen MR) is 89.9 cm³/mol. The number of aromatic nitrogens is 2. The van der Waals surface area contributed by atoms with Crippen LogP contribution in [0.4, 0.5) is 0 Å². The molecule has 1 saturated heterocycles. The van der Waals surface area contributed by atoms with Gasteiger partial charge in [0, 0.05) is 33.4 Å². The van der Waals surface area contributed by atoms with Crippen molar-refractivity contribution in [3.8, 4) is 6.07 Å². The summed E-state index contributed by atoms with van der Waals surface area (Å²) >= 11 is 15.7. The van der Waals surface area contributed by atoms with Crippen LogP contribution in [0.1, 0.15) is 16.9 Å². The minimum atomic E-state index is -0.220. The molecule has 21 heavy (non-hydrogen) atoms. The predicted octanol–water partition coefficient (Wildman–Crippen LogP) is 4.80. The van der Waals surface area contributed by atoms with Crippen LogP contribution in [-0.4, -0.2) is 19.9 Å². The lowest BCUT2D eigenvalue weighted by atomic mass is 10.2. The van der Waals surface area contributed by atoms with E-state index < -0.39 is 0 Å².